The van der Waals surface area contributed by atoms with E-state index in [1.54, 1.807) is 0 Å². The van der Waals surface area contributed by atoms with Gasteiger partial charge in [0.05, 0.1) is 0 Å². The summed E-state index contributed by atoms with van der Waals surface area (Å²) in [4.78, 5) is 0. The van der Waals surface area contributed by atoms with Crippen molar-refractivity contribution in [2.75, 3.05) is 6.66 Å². The van der Waals surface area contributed by atoms with E-state index in [-0.39, 0.29) is 0 Å². The second-order valence-electron chi connectivity index (χ2n) is 9.18. The van der Waals surface area contributed by atoms with Crippen LogP contribution in [0.1, 0.15) is 11.1 Å². The third-order valence-corrected chi connectivity index (χ3v) is 13.7. The van der Waals surface area contributed by atoms with E-state index in [1.165, 1.54) is 49.1 Å². The number of benzene rings is 5. The van der Waals surface area contributed by atoms with Gasteiger partial charge in [-0.15, -0.1) is 0 Å². The quantitative estimate of drug-likeness (QED) is 0.210. The van der Waals surface area contributed by atoms with Gasteiger partial charge in [0, 0.05) is 0 Å². The summed E-state index contributed by atoms with van der Waals surface area (Å²) in [5.74, 6) is 0. The molecule has 0 spiro atoms. The summed E-state index contributed by atoms with van der Waals surface area (Å²) in [6.45, 7) is 2.50. The molecule has 5 aromatic carbocycles. The molecule has 6 rings (SSSR count). The van der Waals surface area contributed by atoms with Crippen molar-refractivity contribution in [3.63, 3.8) is 0 Å². The van der Waals surface area contributed by atoms with E-state index >= 15 is 0 Å². The van der Waals surface area contributed by atoms with Crippen molar-refractivity contribution in [2.45, 2.75) is 12.3 Å². The standard InChI is InChI=1S/C29H24BrP/c1-31(30,25-11-3-2-4-12-25)19-23-17-15-21-9-5-7-13-26(21)28(23)29-24(20-31)18-16-22-10-6-8-14-27(22)29/h2-18H,19-20H2,1H3. The van der Waals surface area contributed by atoms with Crippen LogP contribution in [0.2, 0.25) is 0 Å². The van der Waals surface area contributed by atoms with Crippen LogP contribution in [-0.2, 0) is 12.3 Å². The molecule has 1 heterocycles. The van der Waals surface area contributed by atoms with Gasteiger partial charge < -0.3 is 0 Å². The number of hydrogen-bond acceptors (Lipinski definition) is 0. The van der Waals surface area contributed by atoms with Gasteiger partial charge in [-0.05, 0) is 0 Å². The fraction of sp³-hybridized carbons (Fsp3) is 0.103. The van der Waals surface area contributed by atoms with E-state index in [0.29, 0.717) is 0 Å². The van der Waals surface area contributed by atoms with Crippen LogP contribution >= 0.6 is 20.8 Å². The Morgan fingerprint density at radius 3 is 1.52 bits per heavy atom. The molecule has 0 saturated heterocycles. The van der Waals surface area contributed by atoms with Gasteiger partial charge in [-0.25, -0.2) is 0 Å². The predicted octanol–water partition coefficient (Wildman–Crippen LogP) is 8.49. The molecule has 0 atom stereocenters. The van der Waals surface area contributed by atoms with Gasteiger partial charge in [-0.2, -0.15) is 0 Å². The summed E-state index contributed by atoms with van der Waals surface area (Å²) in [5.41, 5.74) is 5.76. The Kier molecular flexibility index (Phi) is 4.20. The van der Waals surface area contributed by atoms with E-state index < -0.39 is 5.31 Å². The van der Waals surface area contributed by atoms with Crippen LogP contribution in [0.4, 0.5) is 0 Å². The summed E-state index contributed by atoms with van der Waals surface area (Å²) in [6, 6.07) is 38.2. The van der Waals surface area contributed by atoms with Crippen LogP contribution in [0.5, 0.6) is 0 Å². The van der Waals surface area contributed by atoms with Crippen molar-refractivity contribution in [3.8, 4) is 11.1 Å². The van der Waals surface area contributed by atoms with Gasteiger partial charge in [-0.3, -0.25) is 0 Å². The first-order chi connectivity index (χ1) is 15.0. The van der Waals surface area contributed by atoms with Gasteiger partial charge in [-0.1, -0.05) is 0 Å². The summed E-state index contributed by atoms with van der Waals surface area (Å²) in [5, 5.41) is 4.37. The fourth-order valence-electron chi connectivity index (χ4n) is 5.45. The van der Waals surface area contributed by atoms with E-state index in [4.69, 9.17) is 0 Å². The first kappa shape index (κ1) is 19.2. The molecule has 0 unspecified atom stereocenters. The Hall–Kier alpha value is -2.47. The van der Waals surface area contributed by atoms with Gasteiger partial charge in [0.25, 0.3) is 0 Å². The molecule has 0 aromatic heterocycles. The zero-order valence-electron chi connectivity index (χ0n) is 17.6. The molecule has 0 aliphatic carbocycles. The Balaban J connectivity index is 1.78. The molecule has 31 heavy (non-hydrogen) atoms. The summed E-state index contributed by atoms with van der Waals surface area (Å²) < 4.78 is 0. The SMILES string of the molecule is CP1(Br)(c2ccccc2)Cc2ccc3ccccc3c2-c2c(ccc3ccccc23)C1. The second kappa shape index (κ2) is 6.76. The Morgan fingerprint density at radius 1 is 0.548 bits per heavy atom. The van der Waals surface area contributed by atoms with Gasteiger partial charge >= 0.3 is 192 Å². The molecule has 0 nitrogen and oxygen atoms in total. The van der Waals surface area contributed by atoms with Crippen molar-refractivity contribution in [3.05, 3.63) is 114 Å². The number of fused-ring (bicyclic) bond motifs is 7. The predicted molar refractivity (Wildman–Crippen MR) is 142 cm³/mol. The van der Waals surface area contributed by atoms with Crippen LogP contribution < -0.4 is 5.30 Å². The van der Waals surface area contributed by atoms with Gasteiger partial charge in [0.2, 0.25) is 0 Å². The second-order valence-corrected chi connectivity index (χ2v) is 20.3. The Morgan fingerprint density at radius 2 is 1.00 bits per heavy atom. The van der Waals surface area contributed by atoms with E-state index in [1.807, 2.05) is 0 Å². The van der Waals surface area contributed by atoms with Crippen molar-refractivity contribution in [2.24, 2.45) is 0 Å². The van der Waals surface area contributed by atoms with Crippen molar-refractivity contribution < 1.29 is 0 Å². The molecule has 0 bridgehead atoms. The molecule has 1 aliphatic rings. The molecule has 5 aromatic rings. The first-order valence-corrected chi connectivity index (χ1v) is 15.9. The molecule has 152 valence electrons. The minimum absolute atomic E-state index is 1.05. The van der Waals surface area contributed by atoms with Crippen LogP contribution in [0.3, 0.4) is 0 Å². The van der Waals surface area contributed by atoms with Crippen molar-refractivity contribution >= 4 is 47.6 Å². The number of rotatable bonds is 1. The molecule has 2 heteroatoms. The molecule has 0 N–H and O–H groups in total. The summed E-state index contributed by atoms with van der Waals surface area (Å²) >= 11 is 4.46. The molecule has 1 aliphatic heterocycles. The topological polar surface area (TPSA) is 0 Å². The number of halogens is 1. The maximum atomic E-state index is 4.46. The molecule has 0 radical (unpaired) electrons. The molecule has 0 saturated carbocycles. The number of hydrogen-bond donors (Lipinski definition) is 0. The zero-order chi connectivity index (χ0) is 21.1. The van der Waals surface area contributed by atoms with Gasteiger partial charge in [0.15, 0.2) is 0 Å². The van der Waals surface area contributed by atoms with Crippen LogP contribution in [0, 0.1) is 0 Å². The Labute approximate surface area is 191 Å². The third-order valence-electron chi connectivity index (χ3n) is 6.92. The van der Waals surface area contributed by atoms with Crippen molar-refractivity contribution in [1.82, 2.24) is 0 Å². The summed E-state index contributed by atoms with van der Waals surface area (Å²) in [7, 11) is 0. The van der Waals surface area contributed by atoms with Crippen LogP contribution in [0.15, 0.2) is 103 Å². The molecule has 0 amide bonds. The molecular weight excluding hydrogens is 459 g/mol. The fourth-order valence-corrected chi connectivity index (χ4v) is 11.6. The zero-order valence-corrected chi connectivity index (χ0v) is 20.0. The molecular formula is C29H24BrP. The van der Waals surface area contributed by atoms with Crippen LogP contribution in [0.25, 0.3) is 32.7 Å². The van der Waals surface area contributed by atoms with Gasteiger partial charge in [0.1, 0.15) is 0 Å². The van der Waals surface area contributed by atoms with E-state index in [2.05, 4.69) is 125 Å². The maximum absolute atomic E-state index is 4.46. The first-order valence-electron chi connectivity index (χ1n) is 10.8. The van der Waals surface area contributed by atoms with E-state index in [0.717, 1.165) is 12.3 Å². The van der Waals surface area contributed by atoms with E-state index in [9.17, 15) is 0 Å². The normalized spacial score (nSPS) is 17.8. The van der Waals surface area contributed by atoms with Crippen molar-refractivity contribution in [1.29, 1.82) is 0 Å². The monoisotopic (exact) mass is 482 g/mol. The Bertz CT molecular complexity index is 1380. The van der Waals surface area contributed by atoms with Crippen LogP contribution in [-0.4, -0.2) is 6.66 Å². The third kappa shape index (κ3) is 2.99. The average molecular weight is 483 g/mol. The minimum atomic E-state index is -2.43. The summed E-state index contributed by atoms with van der Waals surface area (Å²) in [6.07, 6.45) is 2.11. The average Bonchev–Trinajstić information content (AvgIpc) is 2.91. The molecule has 0 fully saturated rings.